The molecule has 0 unspecified atom stereocenters. The minimum Gasteiger partial charge on any atom is -0.466 e. The fourth-order valence-electron chi connectivity index (χ4n) is 1.25. The summed E-state index contributed by atoms with van der Waals surface area (Å²) in [7, 11) is 0. The van der Waals surface area contributed by atoms with Gasteiger partial charge in [0.1, 0.15) is 0 Å². The standard InChI is InChI=1S/C13H15ClO3/c1-2-17-13(16)9-12(15)8-5-10-3-6-11(14)7-4-10/h3-8,12,15H,2,9H2,1H3/t12-/m0/s1. The largest absolute Gasteiger partial charge is 0.466 e. The first kappa shape index (κ1) is 13.7. The molecule has 1 aromatic carbocycles. The average Bonchev–Trinajstić information content (AvgIpc) is 2.28. The number of ether oxygens (including phenoxy) is 1. The zero-order valence-electron chi connectivity index (χ0n) is 9.60. The number of aliphatic hydroxyl groups excluding tert-OH is 1. The molecule has 0 saturated carbocycles. The molecule has 1 rings (SSSR count). The molecule has 1 atom stereocenters. The summed E-state index contributed by atoms with van der Waals surface area (Å²) in [4.78, 5) is 11.1. The maximum Gasteiger partial charge on any atom is 0.308 e. The molecule has 0 bridgehead atoms. The van der Waals surface area contributed by atoms with Gasteiger partial charge in [-0.15, -0.1) is 0 Å². The highest BCUT2D eigenvalue weighted by molar-refractivity contribution is 6.30. The first-order valence-electron chi connectivity index (χ1n) is 5.39. The van der Waals surface area contributed by atoms with Gasteiger partial charge in [-0.25, -0.2) is 0 Å². The van der Waals surface area contributed by atoms with E-state index in [1.807, 2.05) is 12.1 Å². The van der Waals surface area contributed by atoms with Gasteiger partial charge in [-0.05, 0) is 24.6 Å². The Hall–Kier alpha value is -1.32. The maximum atomic E-state index is 11.1. The molecule has 0 aliphatic heterocycles. The van der Waals surface area contributed by atoms with Crippen molar-refractivity contribution >= 4 is 23.6 Å². The third-order valence-corrected chi connectivity index (χ3v) is 2.31. The molecule has 4 heteroatoms. The molecular formula is C13H15ClO3. The second kappa shape index (κ2) is 7.09. The van der Waals surface area contributed by atoms with E-state index in [4.69, 9.17) is 16.3 Å². The lowest BCUT2D eigenvalue weighted by atomic mass is 10.1. The Labute approximate surface area is 106 Å². The molecule has 92 valence electrons. The number of aliphatic hydroxyl groups is 1. The number of benzene rings is 1. The lowest BCUT2D eigenvalue weighted by Crippen LogP contribution is -2.13. The molecule has 0 heterocycles. The summed E-state index contributed by atoms with van der Waals surface area (Å²) in [5, 5.41) is 10.2. The van der Waals surface area contributed by atoms with Crippen molar-refractivity contribution in [2.45, 2.75) is 19.4 Å². The van der Waals surface area contributed by atoms with Crippen molar-refractivity contribution in [1.82, 2.24) is 0 Å². The summed E-state index contributed by atoms with van der Waals surface area (Å²) >= 11 is 5.74. The SMILES string of the molecule is CCOC(=O)C[C@@H](O)C=Cc1ccc(Cl)cc1. The summed E-state index contributed by atoms with van der Waals surface area (Å²) < 4.78 is 4.73. The van der Waals surface area contributed by atoms with Gasteiger partial charge in [0.2, 0.25) is 0 Å². The minimum atomic E-state index is -0.829. The molecule has 0 amide bonds. The van der Waals surface area contributed by atoms with Gasteiger partial charge < -0.3 is 9.84 Å². The Morgan fingerprint density at radius 1 is 1.47 bits per heavy atom. The van der Waals surface area contributed by atoms with E-state index in [2.05, 4.69) is 0 Å². The fourth-order valence-corrected chi connectivity index (χ4v) is 1.38. The van der Waals surface area contributed by atoms with Crippen molar-refractivity contribution in [2.24, 2.45) is 0 Å². The van der Waals surface area contributed by atoms with Crippen LogP contribution in [0.4, 0.5) is 0 Å². The van der Waals surface area contributed by atoms with E-state index in [0.29, 0.717) is 11.6 Å². The van der Waals surface area contributed by atoms with E-state index < -0.39 is 12.1 Å². The second-order valence-electron chi connectivity index (χ2n) is 3.49. The Balaban J connectivity index is 2.47. The van der Waals surface area contributed by atoms with Gasteiger partial charge in [0.05, 0.1) is 19.1 Å². The average molecular weight is 255 g/mol. The van der Waals surface area contributed by atoms with Crippen molar-refractivity contribution in [3.8, 4) is 0 Å². The number of carbonyl (C=O) groups excluding carboxylic acids is 1. The predicted molar refractivity (Wildman–Crippen MR) is 67.7 cm³/mol. The third kappa shape index (κ3) is 5.52. The van der Waals surface area contributed by atoms with Crippen molar-refractivity contribution in [3.05, 3.63) is 40.9 Å². The van der Waals surface area contributed by atoms with Crippen molar-refractivity contribution in [2.75, 3.05) is 6.61 Å². The van der Waals surface area contributed by atoms with Crippen LogP contribution >= 0.6 is 11.6 Å². The zero-order valence-corrected chi connectivity index (χ0v) is 10.4. The van der Waals surface area contributed by atoms with E-state index in [1.54, 1.807) is 31.2 Å². The topological polar surface area (TPSA) is 46.5 Å². The number of rotatable bonds is 5. The number of carbonyl (C=O) groups is 1. The van der Waals surface area contributed by atoms with E-state index in [0.717, 1.165) is 5.56 Å². The van der Waals surface area contributed by atoms with E-state index in [1.165, 1.54) is 0 Å². The van der Waals surface area contributed by atoms with Gasteiger partial charge >= 0.3 is 5.97 Å². The molecular weight excluding hydrogens is 240 g/mol. The molecule has 0 radical (unpaired) electrons. The van der Waals surface area contributed by atoms with E-state index in [9.17, 15) is 9.90 Å². The van der Waals surface area contributed by atoms with Crippen LogP contribution in [0.5, 0.6) is 0 Å². The van der Waals surface area contributed by atoms with Gasteiger partial charge in [-0.1, -0.05) is 35.9 Å². The molecule has 17 heavy (non-hydrogen) atoms. The van der Waals surface area contributed by atoms with Crippen LogP contribution in [0.15, 0.2) is 30.3 Å². The molecule has 0 aromatic heterocycles. The van der Waals surface area contributed by atoms with Crippen molar-refractivity contribution in [1.29, 1.82) is 0 Å². The summed E-state index contributed by atoms with van der Waals surface area (Å²) in [5.41, 5.74) is 0.914. The van der Waals surface area contributed by atoms with Crippen molar-refractivity contribution < 1.29 is 14.6 Å². The van der Waals surface area contributed by atoms with E-state index in [-0.39, 0.29) is 6.42 Å². The molecule has 1 N–H and O–H groups in total. The smallest absolute Gasteiger partial charge is 0.308 e. The monoisotopic (exact) mass is 254 g/mol. The Morgan fingerprint density at radius 3 is 2.71 bits per heavy atom. The van der Waals surface area contributed by atoms with Gasteiger partial charge in [0, 0.05) is 5.02 Å². The quantitative estimate of drug-likeness (QED) is 0.822. The summed E-state index contributed by atoms with van der Waals surface area (Å²) in [5.74, 6) is -0.402. The number of hydrogen-bond acceptors (Lipinski definition) is 3. The second-order valence-corrected chi connectivity index (χ2v) is 3.92. The van der Waals surface area contributed by atoms with E-state index >= 15 is 0 Å². The summed E-state index contributed by atoms with van der Waals surface area (Å²) in [6.45, 7) is 2.06. The van der Waals surface area contributed by atoms with Crippen LogP contribution in [-0.2, 0) is 9.53 Å². The molecule has 1 aromatic rings. The predicted octanol–water partition coefficient (Wildman–Crippen LogP) is 2.67. The Bertz CT molecular complexity index is 384. The van der Waals surface area contributed by atoms with Crippen LogP contribution in [0.1, 0.15) is 18.9 Å². The van der Waals surface area contributed by atoms with Crippen molar-refractivity contribution in [3.63, 3.8) is 0 Å². The maximum absolute atomic E-state index is 11.1. The molecule has 0 aliphatic rings. The number of hydrogen-bond donors (Lipinski definition) is 1. The normalized spacial score (nSPS) is 12.6. The fraction of sp³-hybridized carbons (Fsp3) is 0.308. The molecule has 0 saturated heterocycles. The highest BCUT2D eigenvalue weighted by atomic mass is 35.5. The highest BCUT2D eigenvalue weighted by Crippen LogP contribution is 2.11. The van der Waals surface area contributed by atoms with Crippen LogP contribution < -0.4 is 0 Å². The van der Waals surface area contributed by atoms with Crippen LogP contribution in [0.2, 0.25) is 5.02 Å². The molecule has 0 fully saturated rings. The summed E-state index contributed by atoms with van der Waals surface area (Å²) in [6, 6.07) is 7.18. The summed E-state index contributed by atoms with van der Waals surface area (Å²) in [6.07, 6.45) is 2.43. The van der Waals surface area contributed by atoms with Crippen LogP contribution in [0.25, 0.3) is 6.08 Å². The first-order valence-corrected chi connectivity index (χ1v) is 5.77. The zero-order chi connectivity index (χ0) is 12.7. The van der Waals surface area contributed by atoms with Gasteiger partial charge in [0.25, 0.3) is 0 Å². The van der Waals surface area contributed by atoms with Crippen LogP contribution in [0, 0.1) is 0 Å². The Kier molecular flexibility index (Phi) is 5.73. The van der Waals surface area contributed by atoms with Crippen LogP contribution in [0.3, 0.4) is 0 Å². The van der Waals surface area contributed by atoms with Crippen LogP contribution in [-0.4, -0.2) is 23.8 Å². The van der Waals surface area contributed by atoms with Gasteiger partial charge in [0.15, 0.2) is 0 Å². The molecule has 0 spiro atoms. The molecule has 0 aliphatic carbocycles. The third-order valence-electron chi connectivity index (χ3n) is 2.06. The number of esters is 1. The minimum absolute atomic E-state index is 0.0298. The molecule has 3 nitrogen and oxygen atoms in total. The van der Waals surface area contributed by atoms with Gasteiger partial charge in [-0.3, -0.25) is 4.79 Å². The Morgan fingerprint density at radius 2 is 2.12 bits per heavy atom. The van der Waals surface area contributed by atoms with Gasteiger partial charge in [-0.2, -0.15) is 0 Å². The first-order chi connectivity index (χ1) is 8.11. The lowest BCUT2D eigenvalue weighted by Gasteiger charge is -2.04. The highest BCUT2D eigenvalue weighted by Gasteiger charge is 2.07. The number of halogens is 1. The lowest BCUT2D eigenvalue weighted by molar-refractivity contribution is -0.144.